The van der Waals surface area contributed by atoms with E-state index in [2.05, 4.69) is 27.1 Å². The fraction of sp³-hybridized carbons (Fsp3) is 0.167. The van der Waals surface area contributed by atoms with E-state index >= 15 is 0 Å². The SMILES string of the molecule is CC(C#N)c1ccc(-n2cccn2)c(Br)c1. The van der Waals surface area contributed by atoms with Crippen molar-refractivity contribution in [3.8, 4) is 11.8 Å². The van der Waals surface area contributed by atoms with E-state index in [1.165, 1.54) is 0 Å². The number of nitriles is 1. The van der Waals surface area contributed by atoms with Gasteiger partial charge in [-0.05, 0) is 46.6 Å². The molecule has 2 aromatic rings. The first-order chi connectivity index (χ1) is 7.72. The van der Waals surface area contributed by atoms with Gasteiger partial charge < -0.3 is 0 Å². The molecule has 0 bridgehead atoms. The second-order valence-corrected chi connectivity index (χ2v) is 4.37. The van der Waals surface area contributed by atoms with Gasteiger partial charge in [-0.1, -0.05) is 6.07 Å². The van der Waals surface area contributed by atoms with Crippen molar-refractivity contribution in [2.24, 2.45) is 0 Å². The van der Waals surface area contributed by atoms with Crippen molar-refractivity contribution in [3.05, 3.63) is 46.7 Å². The highest BCUT2D eigenvalue weighted by molar-refractivity contribution is 9.10. The molecule has 1 heterocycles. The lowest BCUT2D eigenvalue weighted by Crippen LogP contribution is -1.97. The molecule has 1 aromatic carbocycles. The van der Waals surface area contributed by atoms with Crippen molar-refractivity contribution in [1.29, 1.82) is 5.26 Å². The first-order valence-electron chi connectivity index (χ1n) is 4.91. The van der Waals surface area contributed by atoms with Gasteiger partial charge >= 0.3 is 0 Å². The van der Waals surface area contributed by atoms with E-state index in [9.17, 15) is 0 Å². The average molecular weight is 276 g/mol. The molecule has 0 fully saturated rings. The molecule has 4 heteroatoms. The Morgan fingerprint density at radius 2 is 2.31 bits per heavy atom. The third-order valence-electron chi connectivity index (χ3n) is 2.42. The highest BCUT2D eigenvalue weighted by atomic mass is 79.9. The van der Waals surface area contributed by atoms with E-state index in [4.69, 9.17) is 5.26 Å². The third kappa shape index (κ3) is 2.00. The molecule has 0 radical (unpaired) electrons. The van der Waals surface area contributed by atoms with Crippen LogP contribution in [0, 0.1) is 11.3 Å². The number of benzene rings is 1. The minimum Gasteiger partial charge on any atom is -0.240 e. The first kappa shape index (κ1) is 10.9. The molecule has 2 rings (SSSR count). The van der Waals surface area contributed by atoms with E-state index in [0.717, 1.165) is 15.7 Å². The van der Waals surface area contributed by atoms with Crippen LogP contribution in [0.1, 0.15) is 18.4 Å². The Balaban J connectivity index is 2.42. The molecule has 0 aliphatic rings. The summed E-state index contributed by atoms with van der Waals surface area (Å²) in [5, 5.41) is 13.0. The second kappa shape index (κ2) is 4.50. The van der Waals surface area contributed by atoms with Gasteiger partial charge in [0.1, 0.15) is 0 Å². The average Bonchev–Trinajstić information content (AvgIpc) is 2.81. The summed E-state index contributed by atoms with van der Waals surface area (Å²) in [4.78, 5) is 0. The predicted octanol–water partition coefficient (Wildman–Crippen LogP) is 3.26. The second-order valence-electron chi connectivity index (χ2n) is 3.51. The summed E-state index contributed by atoms with van der Waals surface area (Å²) in [6.07, 6.45) is 3.62. The number of halogens is 1. The monoisotopic (exact) mass is 275 g/mol. The lowest BCUT2D eigenvalue weighted by molar-refractivity contribution is 0.872. The summed E-state index contributed by atoms with van der Waals surface area (Å²) in [5.74, 6) is -0.0945. The number of aromatic nitrogens is 2. The Bertz CT molecular complexity index is 526. The normalized spacial score (nSPS) is 12.1. The Labute approximate surface area is 102 Å². The highest BCUT2D eigenvalue weighted by Crippen LogP contribution is 2.25. The Morgan fingerprint density at radius 3 is 2.88 bits per heavy atom. The van der Waals surface area contributed by atoms with Crippen LogP contribution in [0.15, 0.2) is 41.1 Å². The maximum atomic E-state index is 8.85. The van der Waals surface area contributed by atoms with E-state index in [1.807, 2.05) is 37.4 Å². The highest BCUT2D eigenvalue weighted by Gasteiger charge is 2.08. The van der Waals surface area contributed by atoms with Gasteiger partial charge in [0.25, 0.3) is 0 Å². The topological polar surface area (TPSA) is 41.6 Å². The van der Waals surface area contributed by atoms with E-state index in [0.29, 0.717) is 0 Å². The Kier molecular flexibility index (Phi) is 3.07. The fourth-order valence-electron chi connectivity index (χ4n) is 1.46. The van der Waals surface area contributed by atoms with Crippen LogP contribution in [-0.4, -0.2) is 9.78 Å². The van der Waals surface area contributed by atoms with Crippen molar-refractivity contribution in [2.45, 2.75) is 12.8 Å². The minimum absolute atomic E-state index is 0.0945. The molecular weight excluding hydrogens is 266 g/mol. The molecule has 1 aromatic heterocycles. The molecule has 0 aliphatic heterocycles. The maximum Gasteiger partial charge on any atom is 0.0787 e. The van der Waals surface area contributed by atoms with E-state index < -0.39 is 0 Å². The van der Waals surface area contributed by atoms with Gasteiger partial charge in [-0.3, -0.25) is 0 Å². The summed E-state index contributed by atoms with van der Waals surface area (Å²) in [5.41, 5.74) is 1.98. The summed E-state index contributed by atoms with van der Waals surface area (Å²) in [6.45, 7) is 1.88. The van der Waals surface area contributed by atoms with Crippen LogP contribution in [0.3, 0.4) is 0 Å². The molecule has 0 aliphatic carbocycles. The van der Waals surface area contributed by atoms with Crippen molar-refractivity contribution >= 4 is 15.9 Å². The molecule has 0 saturated carbocycles. The fourth-order valence-corrected chi connectivity index (χ4v) is 2.04. The van der Waals surface area contributed by atoms with Gasteiger partial charge in [0, 0.05) is 16.9 Å². The first-order valence-corrected chi connectivity index (χ1v) is 5.70. The standard InChI is InChI=1S/C12H10BrN3/c1-9(8-14)10-3-4-12(11(13)7-10)16-6-2-5-15-16/h2-7,9H,1H3. The Hall–Kier alpha value is -1.60. The van der Waals surface area contributed by atoms with Crippen LogP contribution in [0.5, 0.6) is 0 Å². The lowest BCUT2D eigenvalue weighted by Gasteiger charge is -2.08. The number of hydrogen-bond donors (Lipinski definition) is 0. The third-order valence-corrected chi connectivity index (χ3v) is 3.05. The molecule has 3 nitrogen and oxygen atoms in total. The predicted molar refractivity (Wildman–Crippen MR) is 65.3 cm³/mol. The lowest BCUT2D eigenvalue weighted by atomic mass is 10.0. The number of nitrogens with zero attached hydrogens (tertiary/aromatic N) is 3. The van der Waals surface area contributed by atoms with Gasteiger partial charge in [-0.25, -0.2) is 4.68 Å². The molecule has 1 atom stereocenters. The van der Waals surface area contributed by atoms with Gasteiger partial charge in [0.15, 0.2) is 0 Å². The zero-order valence-corrected chi connectivity index (χ0v) is 10.3. The molecular formula is C12H10BrN3. The van der Waals surface area contributed by atoms with Crippen LogP contribution in [0.2, 0.25) is 0 Å². The molecule has 0 N–H and O–H groups in total. The summed E-state index contributed by atoms with van der Waals surface area (Å²) in [7, 11) is 0. The van der Waals surface area contributed by atoms with E-state index in [1.54, 1.807) is 10.9 Å². The van der Waals surface area contributed by atoms with Crippen LogP contribution < -0.4 is 0 Å². The molecule has 1 unspecified atom stereocenters. The minimum atomic E-state index is -0.0945. The zero-order chi connectivity index (χ0) is 11.5. The Morgan fingerprint density at radius 1 is 1.50 bits per heavy atom. The molecule has 0 saturated heterocycles. The van der Waals surface area contributed by atoms with Crippen LogP contribution >= 0.6 is 15.9 Å². The summed E-state index contributed by atoms with van der Waals surface area (Å²) >= 11 is 3.50. The maximum absolute atomic E-state index is 8.85. The molecule has 16 heavy (non-hydrogen) atoms. The molecule has 0 amide bonds. The number of hydrogen-bond acceptors (Lipinski definition) is 2. The van der Waals surface area contributed by atoms with Crippen LogP contribution in [0.25, 0.3) is 5.69 Å². The quantitative estimate of drug-likeness (QED) is 0.844. The van der Waals surface area contributed by atoms with Crippen molar-refractivity contribution in [2.75, 3.05) is 0 Å². The van der Waals surface area contributed by atoms with Gasteiger partial charge in [-0.2, -0.15) is 10.4 Å². The van der Waals surface area contributed by atoms with Crippen molar-refractivity contribution in [1.82, 2.24) is 9.78 Å². The van der Waals surface area contributed by atoms with Gasteiger partial charge in [0.2, 0.25) is 0 Å². The molecule has 0 spiro atoms. The largest absolute Gasteiger partial charge is 0.240 e. The van der Waals surface area contributed by atoms with Gasteiger partial charge in [0.05, 0.1) is 17.7 Å². The number of rotatable bonds is 2. The summed E-state index contributed by atoms with van der Waals surface area (Å²) < 4.78 is 2.72. The smallest absolute Gasteiger partial charge is 0.0787 e. The van der Waals surface area contributed by atoms with Gasteiger partial charge in [-0.15, -0.1) is 0 Å². The van der Waals surface area contributed by atoms with Crippen molar-refractivity contribution < 1.29 is 0 Å². The van der Waals surface area contributed by atoms with Crippen molar-refractivity contribution in [3.63, 3.8) is 0 Å². The zero-order valence-electron chi connectivity index (χ0n) is 8.76. The summed E-state index contributed by atoms with van der Waals surface area (Å²) in [6, 6.07) is 9.97. The van der Waals surface area contributed by atoms with E-state index in [-0.39, 0.29) is 5.92 Å². The van der Waals surface area contributed by atoms with Crippen LogP contribution in [-0.2, 0) is 0 Å². The molecule has 80 valence electrons. The van der Waals surface area contributed by atoms with Crippen LogP contribution in [0.4, 0.5) is 0 Å².